The summed E-state index contributed by atoms with van der Waals surface area (Å²) in [6, 6.07) is 1.35. The maximum atomic E-state index is 12.2. The lowest BCUT2D eigenvalue weighted by molar-refractivity contribution is 0.254. The fraction of sp³-hybridized carbons (Fsp3) is 0.294. The summed E-state index contributed by atoms with van der Waals surface area (Å²) in [6.45, 7) is 6.15. The average molecular weight is 408 g/mol. The molecule has 3 rings (SSSR count). The Hall–Kier alpha value is -2.58. The number of urea groups is 1. The minimum atomic E-state index is -0.542. The Labute approximate surface area is 166 Å². The Morgan fingerprint density at radius 2 is 1.89 bits per heavy atom. The summed E-state index contributed by atoms with van der Waals surface area (Å²) in [7, 11) is 1.84. The highest BCUT2D eigenvalue weighted by molar-refractivity contribution is 6.39. The van der Waals surface area contributed by atoms with Crippen molar-refractivity contribution < 1.29 is 4.79 Å². The molecule has 0 fully saturated rings. The van der Waals surface area contributed by atoms with Crippen LogP contribution >= 0.6 is 23.2 Å². The van der Waals surface area contributed by atoms with Crippen molar-refractivity contribution in [3.63, 3.8) is 0 Å². The van der Waals surface area contributed by atoms with Crippen molar-refractivity contribution >= 4 is 51.8 Å². The van der Waals surface area contributed by atoms with E-state index in [9.17, 15) is 4.79 Å². The Bertz CT molecular complexity index is 996. The third kappa shape index (κ3) is 3.91. The first-order valence-corrected chi connectivity index (χ1v) is 8.99. The van der Waals surface area contributed by atoms with Crippen LogP contribution in [0.5, 0.6) is 0 Å². The van der Waals surface area contributed by atoms with Crippen LogP contribution in [0, 0.1) is 6.92 Å². The lowest BCUT2D eigenvalue weighted by atomic mass is 10.00. The van der Waals surface area contributed by atoms with Gasteiger partial charge < -0.3 is 5.32 Å². The predicted molar refractivity (Wildman–Crippen MR) is 107 cm³/mol. The van der Waals surface area contributed by atoms with Crippen molar-refractivity contribution in [1.29, 1.82) is 0 Å². The number of hydrazine groups is 1. The van der Waals surface area contributed by atoms with Gasteiger partial charge >= 0.3 is 6.03 Å². The van der Waals surface area contributed by atoms with Gasteiger partial charge in [0.2, 0.25) is 0 Å². The molecule has 0 spiro atoms. The molecule has 3 aromatic heterocycles. The van der Waals surface area contributed by atoms with E-state index in [0.29, 0.717) is 5.82 Å². The number of amides is 2. The number of hydrogen-bond donors (Lipinski definition) is 3. The number of halogens is 2. The molecule has 0 atom stereocenters. The second-order valence-corrected chi connectivity index (χ2v) is 7.16. The zero-order valence-electron chi connectivity index (χ0n) is 15.3. The summed E-state index contributed by atoms with van der Waals surface area (Å²) in [5.41, 5.74) is 8.37. The molecule has 3 heterocycles. The van der Waals surface area contributed by atoms with E-state index in [4.69, 9.17) is 23.2 Å². The van der Waals surface area contributed by atoms with Crippen molar-refractivity contribution in [3.8, 4) is 0 Å². The van der Waals surface area contributed by atoms with Crippen LogP contribution in [0.4, 0.5) is 16.3 Å². The molecular formula is C17H19Cl2N7O. The van der Waals surface area contributed by atoms with Crippen molar-refractivity contribution in [3.05, 3.63) is 39.8 Å². The number of nitrogens with zero attached hydrogens (tertiary/aromatic N) is 4. The summed E-state index contributed by atoms with van der Waals surface area (Å²) in [4.78, 5) is 20.6. The van der Waals surface area contributed by atoms with Crippen molar-refractivity contribution in [2.75, 3.05) is 10.7 Å². The number of rotatable bonds is 4. The molecule has 142 valence electrons. The van der Waals surface area contributed by atoms with Gasteiger partial charge in [0, 0.05) is 24.8 Å². The van der Waals surface area contributed by atoms with Crippen molar-refractivity contribution in [1.82, 2.24) is 25.2 Å². The number of aromatic nitrogens is 4. The van der Waals surface area contributed by atoms with Crippen molar-refractivity contribution in [2.24, 2.45) is 7.05 Å². The first-order chi connectivity index (χ1) is 12.8. The molecule has 0 saturated heterocycles. The molecule has 0 aromatic carbocycles. The summed E-state index contributed by atoms with van der Waals surface area (Å²) < 4.78 is 1.72. The molecule has 0 unspecified atom stereocenters. The van der Waals surface area contributed by atoms with E-state index >= 15 is 0 Å². The van der Waals surface area contributed by atoms with E-state index in [0.717, 1.165) is 22.3 Å². The molecule has 0 aliphatic carbocycles. The van der Waals surface area contributed by atoms with Gasteiger partial charge in [-0.25, -0.2) is 9.78 Å². The van der Waals surface area contributed by atoms with Gasteiger partial charge in [-0.15, -0.1) is 0 Å². The standard InChI is InChI=1S/C17H19Cl2N7O/c1-8(2)10-5-13(21-16-14(10)9(3)25-26(16)4)23-24-17(27)22-15-11(18)6-20-7-12(15)19/h5-8H,1-4H3,(H,21,23)(H2,20,22,24,27). The zero-order valence-corrected chi connectivity index (χ0v) is 16.8. The van der Waals surface area contributed by atoms with Gasteiger partial charge in [0.25, 0.3) is 0 Å². The lowest BCUT2D eigenvalue weighted by Crippen LogP contribution is -2.34. The molecule has 3 N–H and O–H groups in total. The fourth-order valence-corrected chi connectivity index (χ4v) is 3.25. The topological polar surface area (TPSA) is 96.8 Å². The third-order valence-electron chi connectivity index (χ3n) is 4.02. The van der Waals surface area contributed by atoms with Crippen molar-refractivity contribution in [2.45, 2.75) is 26.7 Å². The number of aryl methyl sites for hydroxylation is 2. The van der Waals surface area contributed by atoms with E-state index in [2.05, 4.69) is 45.1 Å². The van der Waals surface area contributed by atoms with E-state index in [1.165, 1.54) is 12.4 Å². The molecule has 2 amide bonds. The quantitative estimate of drug-likeness (QED) is 0.561. The summed E-state index contributed by atoms with van der Waals surface area (Å²) in [6.07, 6.45) is 2.79. The molecule has 0 bridgehead atoms. The van der Waals surface area contributed by atoms with Crippen LogP contribution < -0.4 is 16.2 Å². The third-order valence-corrected chi connectivity index (χ3v) is 4.59. The molecule has 0 aliphatic heterocycles. The lowest BCUT2D eigenvalue weighted by Gasteiger charge is -2.14. The summed E-state index contributed by atoms with van der Waals surface area (Å²) >= 11 is 12.0. The molecule has 8 nitrogen and oxygen atoms in total. The molecular weight excluding hydrogens is 389 g/mol. The molecule has 0 saturated carbocycles. The second-order valence-electron chi connectivity index (χ2n) is 6.34. The summed E-state index contributed by atoms with van der Waals surface area (Å²) in [5, 5.41) is 8.52. The molecule has 0 aliphatic rings. The van der Waals surface area contributed by atoms with Crippen LogP contribution in [0.25, 0.3) is 11.0 Å². The maximum Gasteiger partial charge on any atom is 0.337 e. The number of fused-ring (bicyclic) bond motifs is 1. The zero-order chi connectivity index (χ0) is 19.7. The van der Waals surface area contributed by atoms with Gasteiger partial charge in [-0.3, -0.25) is 20.5 Å². The second kappa shape index (κ2) is 7.58. The SMILES string of the molecule is Cc1nn(C)c2nc(NNC(=O)Nc3c(Cl)cncc3Cl)cc(C(C)C)c12. The minimum absolute atomic E-state index is 0.240. The van der Waals surface area contributed by atoms with Crippen LogP contribution in [0.3, 0.4) is 0 Å². The largest absolute Gasteiger partial charge is 0.337 e. The van der Waals surface area contributed by atoms with Crippen LogP contribution in [0.15, 0.2) is 18.5 Å². The minimum Gasteiger partial charge on any atom is -0.304 e. The number of carbonyl (C=O) groups excluding carboxylic acids is 1. The van der Waals surface area contributed by atoms with Gasteiger partial charge in [0.1, 0.15) is 5.82 Å². The first kappa shape index (κ1) is 19.2. The van der Waals surface area contributed by atoms with E-state index in [1.807, 2.05) is 20.0 Å². The Morgan fingerprint density at radius 1 is 1.22 bits per heavy atom. The number of anilines is 2. The van der Waals surface area contributed by atoms with Crippen LogP contribution in [0.1, 0.15) is 31.0 Å². The fourth-order valence-electron chi connectivity index (χ4n) is 2.79. The highest BCUT2D eigenvalue weighted by Crippen LogP contribution is 2.30. The Balaban J connectivity index is 1.81. The highest BCUT2D eigenvalue weighted by Gasteiger charge is 2.16. The predicted octanol–water partition coefficient (Wildman–Crippen LogP) is 4.25. The average Bonchev–Trinajstić information content (AvgIpc) is 2.90. The monoisotopic (exact) mass is 407 g/mol. The van der Waals surface area contributed by atoms with Gasteiger partial charge in [-0.2, -0.15) is 5.10 Å². The molecule has 27 heavy (non-hydrogen) atoms. The summed E-state index contributed by atoms with van der Waals surface area (Å²) in [5.74, 6) is 0.762. The number of hydrogen-bond acceptors (Lipinski definition) is 5. The Morgan fingerprint density at radius 3 is 2.52 bits per heavy atom. The molecule has 3 aromatic rings. The maximum absolute atomic E-state index is 12.2. The first-order valence-electron chi connectivity index (χ1n) is 8.24. The Kier molecular flexibility index (Phi) is 5.38. The smallest absolute Gasteiger partial charge is 0.304 e. The van der Waals surface area contributed by atoms with Gasteiger partial charge in [-0.1, -0.05) is 37.0 Å². The van der Waals surface area contributed by atoms with E-state index in [-0.39, 0.29) is 21.7 Å². The number of nitrogens with one attached hydrogen (secondary N) is 3. The molecule has 10 heteroatoms. The normalized spacial score (nSPS) is 11.1. The van der Waals surface area contributed by atoms with Crippen LogP contribution in [-0.4, -0.2) is 25.8 Å². The van der Waals surface area contributed by atoms with Gasteiger partial charge in [-0.05, 0) is 24.5 Å². The van der Waals surface area contributed by atoms with Crippen LogP contribution in [-0.2, 0) is 7.05 Å². The number of carbonyl (C=O) groups is 1. The highest BCUT2D eigenvalue weighted by atomic mass is 35.5. The van der Waals surface area contributed by atoms with Gasteiger partial charge in [0.15, 0.2) is 5.65 Å². The van der Waals surface area contributed by atoms with Gasteiger partial charge in [0.05, 0.1) is 21.4 Å². The van der Waals surface area contributed by atoms with Crippen LogP contribution in [0.2, 0.25) is 10.0 Å². The number of pyridine rings is 2. The van der Waals surface area contributed by atoms with E-state index < -0.39 is 6.03 Å². The van der Waals surface area contributed by atoms with E-state index in [1.54, 1.807) is 4.68 Å². The molecule has 0 radical (unpaired) electrons.